The van der Waals surface area contributed by atoms with Crippen molar-refractivity contribution in [3.05, 3.63) is 65.6 Å². The Hall–Kier alpha value is -2.20. The molecule has 0 saturated heterocycles. The van der Waals surface area contributed by atoms with E-state index >= 15 is 0 Å². The van der Waals surface area contributed by atoms with Gasteiger partial charge in [0.05, 0.1) is 0 Å². The molecule has 0 bridgehead atoms. The quantitative estimate of drug-likeness (QED) is 0.756. The summed E-state index contributed by atoms with van der Waals surface area (Å²) >= 11 is 0. The van der Waals surface area contributed by atoms with Gasteiger partial charge in [0, 0.05) is 19.2 Å². The van der Waals surface area contributed by atoms with Gasteiger partial charge in [0.1, 0.15) is 0 Å². The van der Waals surface area contributed by atoms with E-state index in [1.54, 1.807) is 4.52 Å². The Morgan fingerprint density at radius 3 is 2.67 bits per heavy atom. The molecule has 0 aliphatic heterocycles. The number of nitrogens with zero attached hydrogens (tertiary/aromatic N) is 3. The minimum absolute atomic E-state index is 0.525. The van der Waals surface area contributed by atoms with Gasteiger partial charge in [0.25, 0.3) is 0 Å². The Kier molecular flexibility index (Phi) is 2.78. The maximum atomic E-state index is 5.61. The van der Waals surface area contributed by atoms with Crippen molar-refractivity contribution in [1.29, 1.82) is 0 Å². The van der Waals surface area contributed by atoms with Crippen LogP contribution in [0.5, 0.6) is 0 Å². The first-order valence-corrected chi connectivity index (χ1v) is 5.93. The second-order valence-corrected chi connectivity index (χ2v) is 4.23. The van der Waals surface area contributed by atoms with Crippen LogP contribution in [-0.2, 0) is 13.0 Å². The fourth-order valence-electron chi connectivity index (χ4n) is 1.95. The molecule has 0 unspecified atom stereocenters. The number of fused-ring (bicyclic) bond motifs is 1. The van der Waals surface area contributed by atoms with E-state index in [0.717, 1.165) is 23.5 Å². The first-order chi connectivity index (χ1) is 8.85. The first-order valence-electron chi connectivity index (χ1n) is 5.93. The smallest absolute Gasteiger partial charge is 0.156 e. The highest BCUT2D eigenvalue weighted by Gasteiger charge is 2.04. The van der Waals surface area contributed by atoms with Gasteiger partial charge in [0.2, 0.25) is 0 Å². The predicted octanol–water partition coefficient (Wildman–Crippen LogP) is 1.78. The van der Waals surface area contributed by atoms with Crippen molar-refractivity contribution in [2.75, 3.05) is 0 Å². The lowest BCUT2D eigenvalue weighted by Crippen LogP contribution is -1.97. The molecule has 0 amide bonds. The summed E-state index contributed by atoms with van der Waals surface area (Å²) in [6.07, 6.45) is 2.65. The van der Waals surface area contributed by atoms with Crippen LogP contribution in [0, 0.1) is 0 Å². The zero-order chi connectivity index (χ0) is 12.4. The fourth-order valence-corrected chi connectivity index (χ4v) is 1.95. The third kappa shape index (κ3) is 2.10. The van der Waals surface area contributed by atoms with Gasteiger partial charge in [-0.2, -0.15) is 5.10 Å². The lowest BCUT2D eigenvalue weighted by molar-refractivity contribution is 0.895. The Morgan fingerprint density at radius 1 is 1.06 bits per heavy atom. The van der Waals surface area contributed by atoms with Crippen molar-refractivity contribution in [2.24, 2.45) is 5.73 Å². The predicted molar refractivity (Wildman–Crippen MR) is 70.1 cm³/mol. The van der Waals surface area contributed by atoms with E-state index in [4.69, 9.17) is 5.73 Å². The zero-order valence-electron chi connectivity index (χ0n) is 9.95. The molecule has 4 nitrogen and oxygen atoms in total. The zero-order valence-corrected chi connectivity index (χ0v) is 9.95. The Morgan fingerprint density at radius 2 is 1.89 bits per heavy atom. The van der Waals surface area contributed by atoms with E-state index < -0.39 is 0 Å². The van der Waals surface area contributed by atoms with Crippen molar-refractivity contribution >= 4 is 5.65 Å². The summed E-state index contributed by atoms with van der Waals surface area (Å²) in [6.45, 7) is 0.525. The highest BCUT2D eigenvalue weighted by atomic mass is 15.3. The molecule has 0 aliphatic rings. The molecule has 18 heavy (non-hydrogen) atoms. The van der Waals surface area contributed by atoms with Crippen LogP contribution in [0.15, 0.2) is 48.7 Å². The van der Waals surface area contributed by atoms with Crippen LogP contribution in [0.1, 0.15) is 17.0 Å². The molecule has 1 aromatic carbocycles. The highest BCUT2D eigenvalue weighted by molar-refractivity contribution is 5.41. The molecule has 0 atom stereocenters. The fraction of sp³-hybridized carbons (Fsp3) is 0.143. The van der Waals surface area contributed by atoms with Crippen LogP contribution in [0.3, 0.4) is 0 Å². The van der Waals surface area contributed by atoms with E-state index in [1.807, 2.05) is 36.5 Å². The molecule has 0 saturated carbocycles. The largest absolute Gasteiger partial charge is 0.326 e. The summed E-state index contributed by atoms with van der Waals surface area (Å²) in [7, 11) is 0. The van der Waals surface area contributed by atoms with Crippen molar-refractivity contribution in [3.8, 4) is 0 Å². The topological polar surface area (TPSA) is 56.2 Å². The molecular weight excluding hydrogens is 224 g/mol. The van der Waals surface area contributed by atoms with E-state index in [2.05, 4.69) is 22.2 Å². The SMILES string of the molecule is NCc1ccn2nc(Cc3ccccc3)nc2c1. The lowest BCUT2D eigenvalue weighted by atomic mass is 10.1. The van der Waals surface area contributed by atoms with Crippen molar-refractivity contribution in [1.82, 2.24) is 14.6 Å². The van der Waals surface area contributed by atoms with Crippen LogP contribution >= 0.6 is 0 Å². The summed E-state index contributed by atoms with van der Waals surface area (Å²) in [5, 5.41) is 4.45. The van der Waals surface area contributed by atoms with Gasteiger partial charge < -0.3 is 5.73 Å². The molecule has 2 aromatic heterocycles. The number of hydrogen-bond donors (Lipinski definition) is 1. The minimum Gasteiger partial charge on any atom is -0.326 e. The van der Waals surface area contributed by atoms with Crippen molar-refractivity contribution in [2.45, 2.75) is 13.0 Å². The molecule has 0 aliphatic carbocycles. The summed E-state index contributed by atoms with van der Waals surface area (Å²) in [5.41, 5.74) is 8.75. The molecule has 90 valence electrons. The van der Waals surface area contributed by atoms with Gasteiger partial charge in [-0.3, -0.25) is 0 Å². The lowest BCUT2D eigenvalue weighted by Gasteiger charge is -1.95. The summed E-state index contributed by atoms with van der Waals surface area (Å²) in [6, 6.07) is 14.2. The van der Waals surface area contributed by atoms with E-state index in [1.165, 1.54) is 5.56 Å². The van der Waals surface area contributed by atoms with Gasteiger partial charge in [-0.15, -0.1) is 0 Å². The molecule has 0 fully saturated rings. The van der Waals surface area contributed by atoms with Gasteiger partial charge in [0.15, 0.2) is 11.5 Å². The number of nitrogens with two attached hydrogens (primary N) is 1. The van der Waals surface area contributed by atoms with Crippen LogP contribution in [0.4, 0.5) is 0 Å². The molecular formula is C14H14N4. The van der Waals surface area contributed by atoms with E-state index in [0.29, 0.717) is 6.54 Å². The van der Waals surface area contributed by atoms with Crippen LogP contribution in [-0.4, -0.2) is 14.6 Å². The first kappa shape index (κ1) is 10.9. The molecule has 0 spiro atoms. The Bertz CT molecular complexity index is 658. The standard InChI is InChI=1S/C14H14N4/c15-10-12-6-7-18-14(9-12)16-13(17-18)8-11-4-2-1-3-5-11/h1-7,9H,8,10,15H2. The summed E-state index contributed by atoms with van der Waals surface area (Å²) in [4.78, 5) is 4.51. The van der Waals surface area contributed by atoms with Crippen LogP contribution < -0.4 is 5.73 Å². The molecule has 2 N–H and O–H groups in total. The summed E-state index contributed by atoms with van der Waals surface area (Å²) < 4.78 is 1.79. The third-order valence-corrected chi connectivity index (χ3v) is 2.89. The number of benzene rings is 1. The summed E-state index contributed by atoms with van der Waals surface area (Å²) in [5.74, 6) is 0.829. The van der Waals surface area contributed by atoms with Gasteiger partial charge >= 0.3 is 0 Å². The maximum Gasteiger partial charge on any atom is 0.156 e. The average Bonchev–Trinajstić information content (AvgIpc) is 2.80. The van der Waals surface area contributed by atoms with Gasteiger partial charge in [-0.05, 0) is 23.3 Å². The maximum absolute atomic E-state index is 5.61. The van der Waals surface area contributed by atoms with E-state index in [-0.39, 0.29) is 0 Å². The molecule has 3 rings (SSSR count). The molecule has 0 radical (unpaired) electrons. The molecule has 3 aromatic rings. The highest BCUT2D eigenvalue weighted by Crippen LogP contribution is 2.09. The second kappa shape index (κ2) is 4.58. The van der Waals surface area contributed by atoms with E-state index in [9.17, 15) is 0 Å². The van der Waals surface area contributed by atoms with Crippen molar-refractivity contribution in [3.63, 3.8) is 0 Å². The van der Waals surface area contributed by atoms with Crippen LogP contribution in [0.25, 0.3) is 5.65 Å². The van der Waals surface area contributed by atoms with Crippen molar-refractivity contribution < 1.29 is 0 Å². The molecule has 2 heterocycles. The van der Waals surface area contributed by atoms with Gasteiger partial charge in [-0.1, -0.05) is 30.3 Å². The number of rotatable bonds is 3. The third-order valence-electron chi connectivity index (χ3n) is 2.89. The Balaban J connectivity index is 1.94. The normalized spacial score (nSPS) is 10.9. The Labute approximate surface area is 105 Å². The number of aromatic nitrogens is 3. The second-order valence-electron chi connectivity index (χ2n) is 4.23. The monoisotopic (exact) mass is 238 g/mol. The van der Waals surface area contributed by atoms with Crippen LogP contribution in [0.2, 0.25) is 0 Å². The number of hydrogen-bond acceptors (Lipinski definition) is 3. The van der Waals surface area contributed by atoms with Gasteiger partial charge in [-0.25, -0.2) is 9.50 Å². The average molecular weight is 238 g/mol. The number of pyridine rings is 1. The molecule has 4 heteroatoms. The minimum atomic E-state index is 0.525.